The van der Waals surface area contributed by atoms with Crippen LogP contribution < -0.4 is 9.47 Å². The van der Waals surface area contributed by atoms with Gasteiger partial charge in [-0.15, -0.1) is 10.2 Å². The van der Waals surface area contributed by atoms with Gasteiger partial charge in [0.2, 0.25) is 5.89 Å². The molecule has 1 N–H and O–H groups in total. The van der Waals surface area contributed by atoms with Gasteiger partial charge in [-0.2, -0.15) is 5.26 Å². The first kappa shape index (κ1) is 18.5. The van der Waals surface area contributed by atoms with Crippen molar-refractivity contribution >= 4 is 23.3 Å². The molecule has 8 nitrogen and oxygen atoms in total. The van der Waals surface area contributed by atoms with Crippen LogP contribution >= 0.6 is 11.8 Å². The van der Waals surface area contributed by atoms with Crippen molar-refractivity contribution in [3.05, 3.63) is 18.2 Å². The zero-order valence-corrected chi connectivity index (χ0v) is 14.7. The summed E-state index contributed by atoms with van der Waals surface area (Å²) >= 11 is 1.03. The highest BCUT2D eigenvalue weighted by Crippen LogP contribution is 2.32. The highest BCUT2D eigenvalue weighted by atomic mass is 32.2. The van der Waals surface area contributed by atoms with Crippen LogP contribution in [0.2, 0.25) is 0 Å². The number of aromatic nitrogens is 2. The highest BCUT2D eigenvalue weighted by Gasteiger charge is 2.21. The number of hydrogen-bond donors (Lipinski definition) is 1. The van der Waals surface area contributed by atoms with Crippen LogP contribution in [0.5, 0.6) is 11.5 Å². The van der Waals surface area contributed by atoms with Gasteiger partial charge in [0.05, 0.1) is 26.0 Å². The van der Waals surface area contributed by atoms with Crippen molar-refractivity contribution in [2.45, 2.75) is 12.1 Å². The third-order valence-corrected chi connectivity index (χ3v) is 4.10. The molecule has 0 aliphatic heterocycles. The molecule has 0 radical (unpaired) electrons. The van der Waals surface area contributed by atoms with Gasteiger partial charge < -0.3 is 19.3 Å². The fourth-order valence-corrected chi connectivity index (χ4v) is 2.65. The number of Topliss-reactive ketones (excluding diaryl/α,β-unsaturated/α-hetero) is 1. The van der Waals surface area contributed by atoms with Crippen LogP contribution in [0.3, 0.4) is 0 Å². The van der Waals surface area contributed by atoms with E-state index in [0.717, 1.165) is 11.8 Å². The average Bonchev–Trinajstić information content (AvgIpc) is 3.08. The van der Waals surface area contributed by atoms with Crippen molar-refractivity contribution < 1.29 is 18.7 Å². The van der Waals surface area contributed by atoms with Gasteiger partial charge >= 0.3 is 0 Å². The molecule has 25 heavy (non-hydrogen) atoms. The maximum absolute atomic E-state index is 11.9. The molecule has 2 aromatic rings. The Morgan fingerprint density at radius 2 is 2.08 bits per heavy atom. The molecule has 1 unspecified atom stereocenters. The average molecular weight is 360 g/mol. The fraction of sp³-hybridized carbons (Fsp3) is 0.312. The smallest absolute Gasteiger partial charge is 0.277 e. The van der Waals surface area contributed by atoms with Gasteiger partial charge in [-0.1, -0.05) is 11.8 Å². The molecule has 1 heterocycles. The standard InChI is InChI=1S/C16H16N4O4S/c1-9(18)11(7-17)12(21)8-25-16-20-19-15(24-16)10-4-5-13(22-2)14(6-10)23-3/h4-6,11,18H,8H2,1-3H3. The van der Waals surface area contributed by atoms with Crippen molar-refractivity contribution in [2.24, 2.45) is 5.92 Å². The van der Waals surface area contributed by atoms with Crippen LogP contribution in [-0.2, 0) is 4.79 Å². The zero-order chi connectivity index (χ0) is 18.4. The van der Waals surface area contributed by atoms with E-state index in [1.54, 1.807) is 25.3 Å². The Labute approximate surface area is 148 Å². The molecule has 2 rings (SSSR count). The van der Waals surface area contributed by atoms with E-state index in [1.165, 1.54) is 14.0 Å². The third-order valence-electron chi connectivity index (χ3n) is 3.26. The number of rotatable bonds is 8. The minimum Gasteiger partial charge on any atom is -0.493 e. The Balaban J connectivity index is 2.09. The second kappa shape index (κ2) is 8.30. The van der Waals surface area contributed by atoms with E-state index < -0.39 is 5.92 Å². The number of hydrogen-bond acceptors (Lipinski definition) is 9. The number of benzene rings is 1. The number of ether oxygens (including phenoxy) is 2. The maximum atomic E-state index is 11.9. The molecule has 0 fully saturated rings. The molecule has 0 aliphatic carbocycles. The van der Waals surface area contributed by atoms with Crippen molar-refractivity contribution in [2.75, 3.05) is 20.0 Å². The number of methoxy groups -OCH3 is 2. The molecule has 0 spiro atoms. The zero-order valence-electron chi connectivity index (χ0n) is 13.9. The summed E-state index contributed by atoms with van der Waals surface area (Å²) in [5.74, 6) is -0.0545. The number of nitrogens with one attached hydrogen (secondary N) is 1. The van der Waals surface area contributed by atoms with Crippen molar-refractivity contribution in [1.29, 1.82) is 10.7 Å². The molecular weight excluding hydrogens is 344 g/mol. The van der Waals surface area contributed by atoms with Crippen molar-refractivity contribution in [3.63, 3.8) is 0 Å². The Bertz CT molecular complexity index is 828. The van der Waals surface area contributed by atoms with Crippen LogP contribution in [-0.4, -0.2) is 41.7 Å². The van der Waals surface area contributed by atoms with E-state index in [9.17, 15) is 4.79 Å². The Hall–Kier alpha value is -2.86. The van der Waals surface area contributed by atoms with Crippen molar-refractivity contribution in [3.8, 4) is 29.0 Å². The first-order valence-electron chi connectivity index (χ1n) is 7.16. The van der Waals surface area contributed by atoms with Crippen LogP contribution in [0.1, 0.15) is 6.92 Å². The second-order valence-electron chi connectivity index (χ2n) is 4.94. The SMILES string of the molecule is COc1ccc(-c2nnc(SCC(=O)C(C#N)C(C)=N)o2)cc1OC. The first-order valence-corrected chi connectivity index (χ1v) is 8.14. The number of carbonyl (C=O) groups is 1. The van der Waals surface area contributed by atoms with Crippen LogP contribution in [0.25, 0.3) is 11.5 Å². The minimum atomic E-state index is -1.04. The lowest BCUT2D eigenvalue weighted by Crippen LogP contribution is -2.21. The summed E-state index contributed by atoms with van der Waals surface area (Å²) in [6, 6.07) is 6.99. The number of carbonyl (C=O) groups excluding carboxylic acids is 1. The van der Waals surface area contributed by atoms with Gasteiger partial charge in [-0.25, -0.2) is 0 Å². The summed E-state index contributed by atoms with van der Waals surface area (Å²) in [5.41, 5.74) is 0.665. The summed E-state index contributed by atoms with van der Waals surface area (Å²) < 4.78 is 15.9. The third kappa shape index (κ3) is 4.36. The lowest BCUT2D eigenvalue weighted by molar-refractivity contribution is -0.117. The predicted octanol–water partition coefficient (Wildman–Crippen LogP) is 2.59. The molecule has 0 bridgehead atoms. The predicted molar refractivity (Wildman–Crippen MR) is 91.1 cm³/mol. The number of nitrogens with zero attached hydrogens (tertiary/aromatic N) is 3. The first-order chi connectivity index (χ1) is 12.0. The number of nitriles is 1. The van der Waals surface area contributed by atoms with Crippen LogP contribution in [0.4, 0.5) is 0 Å². The number of thioether (sulfide) groups is 1. The van der Waals surface area contributed by atoms with Gasteiger partial charge in [-0.05, 0) is 25.1 Å². The second-order valence-corrected chi connectivity index (χ2v) is 5.87. The van der Waals surface area contributed by atoms with Gasteiger partial charge in [0.1, 0.15) is 5.92 Å². The maximum Gasteiger partial charge on any atom is 0.277 e. The van der Waals surface area contributed by atoms with Gasteiger partial charge in [0, 0.05) is 11.3 Å². The lowest BCUT2D eigenvalue weighted by Gasteiger charge is -2.07. The molecule has 1 atom stereocenters. The largest absolute Gasteiger partial charge is 0.493 e. The minimum absolute atomic E-state index is 0.0182. The summed E-state index contributed by atoms with van der Waals surface area (Å²) in [4.78, 5) is 11.9. The Kier molecular flexibility index (Phi) is 6.14. The molecule has 0 amide bonds. The molecule has 0 saturated heterocycles. The molecule has 0 aliphatic rings. The van der Waals surface area contributed by atoms with Gasteiger partial charge in [0.25, 0.3) is 5.22 Å². The highest BCUT2D eigenvalue weighted by molar-refractivity contribution is 7.99. The van der Waals surface area contributed by atoms with Crippen LogP contribution in [0.15, 0.2) is 27.8 Å². The Morgan fingerprint density at radius 3 is 2.68 bits per heavy atom. The monoisotopic (exact) mass is 360 g/mol. The lowest BCUT2D eigenvalue weighted by atomic mass is 10.0. The normalized spacial score (nSPS) is 11.4. The van der Waals surface area contributed by atoms with E-state index in [0.29, 0.717) is 17.1 Å². The van der Waals surface area contributed by atoms with E-state index in [1.807, 2.05) is 6.07 Å². The summed E-state index contributed by atoms with van der Waals surface area (Å²) in [6.07, 6.45) is 0. The Morgan fingerprint density at radius 1 is 1.36 bits per heavy atom. The molecular formula is C16H16N4O4S. The topological polar surface area (TPSA) is 122 Å². The molecule has 9 heteroatoms. The number of ketones is 1. The molecule has 130 valence electrons. The molecule has 1 aromatic carbocycles. The van der Waals surface area contributed by atoms with Gasteiger partial charge in [0.15, 0.2) is 17.3 Å². The van der Waals surface area contributed by atoms with Crippen molar-refractivity contribution in [1.82, 2.24) is 10.2 Å². The summed E-state index contributed by atoms with van der Waals surface area (Å²) in [7, 11) is 3.07. The fourth-order valence-electron chi connectivity index (χ4n) is 1.98. The summed E-state index contributed by atoms with van der Waals surface area (Å²) in [6.45, 7) is 1.43. The van der Waals surface area contributed by atoms with Crippen LogP contribution in [0, 0.1) is 22.7 Å². The summed E-state index contributed by atoms with van der Waals surface area (Å²) in [5, 5.41) is 24.4. The van der Waals surface area contributed by atoms with E-state index >= 15 is 0 Å². The quantitative estimate of drug-likeness (QED) is 0.563. The van der Waals surface area contributed by atoms with E-state index in [4.69, 9.17) is 24.6 Å². The van der Waals surface area contributed by atoms with E-state index in [-0.39, 0.29) is 28.4 Å². The molecule has 0 saturated carbocycles. The van der Waals surface area contributed by atoms with Gasteiger partial charge in [-0.3, -0.25) is 4.79 Å². The van der Waals surface area contributed by atoms with E-state index in [2.05, 4.69) is 10.2 Å². The molecule has 1 aromatic heterocycles.